The van der Waals surface area contributed by atoms with Crippen LogP contribution in [0.2, 0.25) is 0 Å². The van der Waals surface area contributed by atoms with E-state index in [9.17, 15) is 14.4 Å². The second-order valence-electron chi connectivity index (χ2n) is 7.79. The topological polar surface area (TPSA) is 81.5 Å². The Balaban J connectivity index is 1.31. The van der Waals surface area contributed by atoms with Crippen LogP contribution in [0.1, 0.15) is 32.1 Å². The molecule has 0 bridgehead atoms. The minimum absolute atomic E-state index is 0.152. The number of ether oxygens (including phenoxy) is 1. The molecule has 7 heteroatoms. The molecule has 1 aliphatic heterocycles. The van der Waals surface area contributed by atoms with Crippen molar-refractivity contribution in [2.75, 3.05) is 19.7 Å². The Morgan fingerprint density at radius 1 is 1.11 bits per heavy atom. The van der Waals surface area contributed by atoms with E-state index < -0.39 is 5.97 Å². The zero-order valence-corrected chi connectivity index (χ0v) is 15.9. The first-order valence-corrected chi connectivity index (χ1v) is 9.99. The number of nitrogens with zero attached hydrogens (tertiary/aromatic N) is 3. The van der Waals surface area contributed by atoms with Crippen molar-refractivity contribution in [1.82, 2.24) is 14.5 Å². The molecule has 1 aliphatic carbocycles. The highest BCUT2D eigenvalue weighted by Gasteiger charge is 2.33. The van der Waals surface area contributed by atoms with Crippen LogP contribution in [0.3, 0.4) is 0 Å². The summed E-state index contributed by atoms with van der Waals surface area (Å²) in [7, 11) is 0. The molecule has 4 rings (SSSR count). The van der Waals surface area contributed by atoms with Gasteiger partial charge >= 0.3 is 5.97 Å². The summed E-state index contributed by atoms with van der Waals surface area (Å²) < 4.78 is 6.36. The monoisotopic (exact) mass is 383 g/mol. The molecule has 148 valence electrons. The fourth-order valence-electron chi connectivity index (χ4n) is 4.46. The number of hydrogen-bond acceptors (Lipinski definition) is 5. The summed E-state index contributed by atoms with van der Waals surface area (Å²) in [6.45, 7) is 0.987. The van der Waals surface area contributed by atoms with E-state index in [1.54, 1.807) is 24.3 Å². The Labute approximate surface area is 163 Å². The fraction of sp³-hybridized carbons (Fsp3) is 0.524. The molecule has 7 nitrogen and oxygen atoms in total. The predicted molar refractivity (Wildman–Crippen MR) is 104 cm³/mol. The molecular weight excluding hydrogens is 358 g/mol. The van der Waals surface area contributed by atoms with Gasteiger partial charge in [0.05, 0.1) is 17.2 Å². The first-order valence-electron chi connectivity index (χ1n) is 9.99. The van der Waals surface area contributed by atoms with E-state index in [1.807, 2.05) is 4.90 Å². The minimum atomic E-state index is -0.611. The van der Waals surface area contributed by atoms with E-state index in [4.69, 9.17) is 4.74 Å². The molecule has 0 radical (unpaired) electrons. The molecule has 1 saturated carbocycles. The van der Waals surface area contributed by atoms with Crippen molar-refractivity contribution in [3.05, 3.63) is 40.9 Å². The third kappa shape index (κ3) is 3.93. The van der Waals surface area contributed by atoms with Gasteiger partial charge in [-0.2, -0.15) is 0 Å². The van der Waals surface area contributed by atoms with Gasteiger partial charge < -0.3 is 9.64 Å². The molecule has 2 fully saturated rings. The van der Waals surface area contributed by atoms with E-state index in [2.05, 4.69) is 4.98 Å². The number of carbonyl (C=O) groups excluding carboxylic acids is 2. The molecule has 1 amide bonds. The summed E-state index contributed by atoms with van der Waals surface area (Å²) >= 11 is 0. The lowest BCUT2D eigenvalue weighted by atomic mass is 9.75. The highest BCUT2D eigenvalue weighted by molar-refractivity contribution is 5.81. The van der Waals surface area contributed by atoms with Crippen LogP contribution in [0.15, 0.2) is 35.4 Å². The van der Waals surface area contributed by atoms with Gasteiger partial charge in [-0.15, -0.1) is 0 Å². The second-order valence-corrected chi connectivity index (χ2v) is 7.79. The smallest absolute Gasteiger partial charge is 0.326 e. The van der Waals surface area contributed by atoms with Crippen molar-refractivity contribution in [2.24, 2.45) is 11.8 Å². The molecule has 2 atom stereocenters. The predicted octanol–water partition coefficient (Wildman–Crippen LogP) is 1.98. The Hall–Kier alpha value is -2.70. The molecule has 0 spiro atoms. The van der Waals surface area contributed by atoms with Gasteiger partial charge in [-0.05, 0) is 36.8 Å². The average Bonchev–Trinajstić information content (AvgIpc) is 2.74. The third-order valence-corrected chi connectivity index (χ3v) is 6.03. The molecule has 0 N–H and O–H groups in total. The van der Waals surface area contributed by atoms with Crippen LogP contribution in [-0.4, -0.2) is 46.0 Å². The van der Waals surface area contributed by atoms with Gasteiger partial charge in [0.15, 0.2) is 6.61 Å². The number of amides is 1. The summed E-state index contributed by atoms with van der Waals surface area (Å²) in [6, 6.07) is 6.97. The standard InChI is InChI=1S/C21H25N3O4/c25-19(23-10-9-15-5-1-2-6-16(15)11-23)13-28-20(26)12-24-14-22-18-8-4-3-7-17(18)21(24)27/h3-4,7-8,14-16H,1-2,5-6,9-13H2/t15-,16+/m1/s1. The number of benzene rings is 1. The van der Waals surface area contributed by atoms with Crippen molar-refractivity contribution in [3.8, 4) is 0 Å². The lowest BCUT2D eigenvalue weighted by Crippen LogP contribution is -2.46. The van der Waals surface area contributed by atoms with Crippen molar-refractivity contribution in [1.29, 1.82) is 0 Å². The summed E-state index contributed by atoms with van der Waals surface area (Å²) in [4.78, 5) is 43.0. The molecule has 2 aliphatic rings. The third-order valence-electron chi connectivity index (χ3n) is 6.03. The molecular formula is C21H25N3O4. The molecule has 2 heterocycles. The van der Waals surface area contributed by atoms with Crippen molar-refractivity contribution in [2.45, 2.75) is 38.6 Å². The van der Waals surface area contributed by atoms with Crippen LogP contribution in [0, 0.1) is 11.8 Å². The summed E-state index contributed by atoms with van der Waals surface area (Å²) in [5.74, 6) is 0.568. The maximum absolute atomic E-state index is 12.4. The van der Waals surface area contributed by atoms with Crippen molar-refractivity contribution in [3.63, 3.8) is 0 Å². The van der Waals surface area contributed by atoms with E-state index >= 15 is 0 Å². The first-order chi connectivity index (χ1) is 13.6. The average molecular weight is 383 g/mol. The number of para-hydroxylation sites is 1. The van der Waals surface area contributed by atoms with Gasteiger partial charge in [0.25, 0.3) is 11.5 Å². The van der Waals surface area contributed by atoms with Gasteiger partial charge in [0, 0.05) is 13.1 Å². The van der Waals surface area contributed by atoms with Gasteiger partial charge in [0.2, 0.25) is 0 Å². The zero-order valence-electron chi connectivity index (χ0n) is 15.9. The van der Waals surface area contributed by atoms with E-state index in [0.717, 1.165) is 25.4 Å². The Kier molecular flexibility index (Phi) is 5.41. The van der Waals surface area contributed by atoms with Crippen LogP contribution in [0.25, 0.3) is 10.9 Å². The summed E-state index contributed by atoms with van der Waals surface area (Å²) in [5.41, 5.74) is 0.284. The number of likely N-dealkylation sites (tertiary alicyclic amines) is 1. The van der Waals surface area contributed by atoms with Crippen LogP contribution < -0.4 is 5.56 Å². The van der Waals surface area contributed by atoms with Crippen LogP contribution in [0.4, 0.5) is 0 Å². The summed E-state index contributed by atoms with van der Waals surface area (Å²) in [5, 5.41) is 0.448. The van der Waals surface area contributed by atoms with E-state index in [1.165, 1.54) is 36.6 Å². The normalized spacial score (nSPS) is 21.9. The van der Waals surface area contributed by atoms with Gasteiger partial charge in [-0.1, -0.05) is 31.4 Å². The lowest BCUT2D eigenvalue weighted by Gasteiger charge is -2.41. The molecule has 1 aromatic carbocycles. The van der Waals surface area contributed by atoms with E-state index in [-0.39, 0.29) is 24.6 Å². The van der Waals surface area contributed by atoms with Crippen LogP contribution >= 0.6 is 0 Å². The lowest BCUT2D eigenvalue weighted by molar-refractivity contribution is -0.153. The highest BCUT2D eigenvalue weighted by Crippen LogP contribution is 2.35. The Bertz CT molecular complexity index is 939. The Morgan fingerprint density at radius 3 is 2.75 bits per heavy atom. The van der Waals surface area contributed by atoms with Crippen LogP contribution in [0.5, 0.6) is 0 Å². The summed E-state index contributed by atoms with van der Waals surface area (Å²) in [6.07, 6.45) is 7.38. The molecule has 1 saturated heterocycles. The number of esters is 1. The number of fused-ring (bicyclic) bond motifs is 2. The number of hydrogen-bond donors (Lipinski definition) is 0. The maximum Gasteiger partial charge on any atom is 0.326 e. The van der Waals surface area contributed by atoms with Crippen molar-refractivity contribution < 1.29 is 14.3 Å². The Morgan fingerprint density at radius 2 is 1.89 bits per heavy atom. The quantitative estimate of drug-likeness (QED) is 0.754. The highest BCUT2D eigenvalue weighted by atomic mass is 16.5. The molecule has 0 unspecified atom stereocenters. The fourth-order valence-corrected chi connectivity index (χ4v) is 4.46. The number of piperidine rings is 1. The number of aromatic nitrogens is 2. The van der Waals surface area contributed by atoms with E-state index in [0.29, 0.717) is 16.8 Å². The largest absolute Gasteiger partial charge is 0.454 e. The molecule has 1 aromatic heterocycles. The molecule has 2 aromatic rings. The van der Waals surface area contributed by atoms with Gasteiger partial charge in [-0.25, -0.2) is 4.98 Å². The van der Waals surface area contributed by atoms with Gasteiger partial charge in [0.1, 0.15) is 6.54 Å². The second kappa shape index (κ2) is 8.12. The maximum atomic E-state index is 12.4. The SMILES string of the molecule is O=C(Cn1cnc2ccccc2c1=O)OCC(=O)N1CC[C@H]2CCCC[C@H]2C1. The van der Waals surface area contributed by atoms with Gasteiger partial charge in [-0.3, -0.25) is 19.0 Å². The number of carbonyl (C=O) groups is 2. The number of rotatable bonds is 4. The minimum Gasteiger partial charge on any atom is -0.454 e. The first kappa shape index (κ1) is 18.7. The molecule has 28 heavy (non-hydrogen) atoms. The van der Waals surface area contributed by atoms with Crippen molar-refractivity contribution >= 4 is 22.8 Å². The zero-order chi connectivity index (χ0) is 19.5. The van der Waals surface area contributed by atoms with Crippen LogP contribution in [-0.2, 0) is 20.9 Å².